The molecule has 1 aromatic carbocycles. The summed E-state index contributed by atoms with van der Waals surface area (Å²) >= 11 is 0. The van der Waals surface area contributed by atoms with Crippen LogP contribution in [0.1, 0.15) is 25.0 Å². The number of nitriles is 1. The Bertz CT molecular complexity index is 452. The second-order valence-electron chi connectivity index (χ2n) is 3.49. The lowest BCUT2D eigenvalue weighted by molar-refractivity contribution is -0.137. The molecular formula is C14H15NO2. The largest absolute Gasteiger partial charge is 0.462 e. The second kappa shape index (κ2) is 6.49. The van der Waals surface area contributed by atoms with E-state index in [-0.39, 0.29) is 12.2 Å². The first kappa shape index (κ1) is 13.0. The summed E-state index contributed by atoms with van der Waals surface area (Å²) in [7, 11) is 0. The third-order valence-electron chi connectivity index (χ3n) is 2.31. The van der Waals surface area contributed by atoms with Crippen LogP contribution in [0.2, 0.25) is 0 Å². The molecule has 1 aromatic rings. The van der Waals surface area contributed by atoms with Crippen molar-refractivity contribution in [2.45, 2.75) is 20.3 Å². The van der Waals surface area contributed by atoms with Gasteiger partial charge in [0.1, 0.15) is 11.6 Å². The Labute approximate surface area is 101 Å². The molecule has 0 spiro atoms. The van der Waals surface area contributed by atoms with Crippen LogP contribution in [0, 0.1) is 11.3 Å². The standard InChI is InChI=1S/C14H15NO2/c1-3-11-5-7-12(8-6-11)9-13(10-15)14(16)17-4-2/h5-9H,3-4H2,1-2H3. The highest BCUT2D eigenvalue weighted by Crippen LogP contribution is 2.10. The van der Waals surface area contributed by atoms with Gasteiger partial charge >= 0.3 is 5.97 Å². The summed E-state index contributed by atoms with van der Waals surface area (Å²) in [4.78, 5) is 11.4. The number of rotatable bonds is 4. The van der Waals surface area contributed by atoms with Crippen LogP contribution in [0.5, 0.6) is 0 Å². The lowest BCUT2D eigenvalue weighted by Crippen LogP contribution is -2.05. The first-order valence-corrected chi connectivity index (χ1v) is 5.59. The quantitative estimate of drug-likeness (QED) is 0.453. The molecule has 0 amide bonds. The van der Waals surface area contributed by atoms with Crippen LogP contribution >= 0.6 is 0 Å². The zero-order chi connectivity index (χ0) is 12.7. The van der Waals surface area contributed by atoms with Crippen LogP contribution in [-0.4, -0.2) is 12.6 Å². The van der Waals surface area contributed by atoms with Gasteiger partial charge in [-0.1, -0.05) is 31.2 Å². The van der Waals surface area contributed by atoms with Gasteiger partial charge in [-0.15, -0.1) is 0 Å². The van der Waals surface area contributed by atoms with Crippen LogP contribution in [0.3, 0.4) is 0 Å². The number of benzene rings is 1. The summed E-state index contributed by atoms with van der Waals surface area (Å²) < 4.78 is 4.78. The summed E-state index contributed by atoms with van der Waals surface area (Å²) in [5.41, 5.74) is 2.07. The monoisotopic (exact) mass is 229 g/mol. The lowest BCUT2D eigenvalue weighted by atomic mass is 10.1. The maximum absolute atomic E-state index is 11.4. The van der Waals surface area contributed by atoms with Gasteiger partial charge in [0.05, 0.1) is 6.61 Å². The number of hydrogen-bond acceptors (Lipinski definition) is 3. The molecule has 17 heavy (non-hydrogen) atoms. The van der Waals surface area contributed by atoms with Gasteiger partial charge in [-0.3, -0.25) is 0 Å². The van der Waals surface area contributed by atoms with Gasteiger partial charge in [-0.2, -0.15) is 5.26 Å². The van der Waals surface area contributed by atoms with E-state index < -0.39 is 5.97 Å². The fourth-order valence-electron chi connectivity index (χ4n) is 1.36. The molecule has 0 unspecified atom stereocenters. The Morgan fingerprint density at radius 2 is 2.00 bits per heavy atom. The van der Waals surface area contributed by atoms with Crippen molar-refractivity contribution in [1.29, 1.82) is 5.26 Å². The normalized spacial score (nSPS) is 10.8. The van der Waals surface area contributed by atoms with Crippen molar-refractivity contribution in [3.05, 3.63) is 41.0 Å². The maximum atomic E-state index is 11.4. The predicted octanol–water partition coefficient (Wildman–Crippen LogP) is 2.72. The Kier molecular flexibility index (Phi) is 4.96. The topological polar surface area (TPSA) is 50.1 Å². The van der Waals surface area contributed by atoms with E-state index >= 15 is 0 Å². The van der Waals surface area contributed by atoms with E-state index in [2.05, 4.69) is 6.92 Å². The molecule has 0 atom stereocenters. The molecular weight excluding hydrogens is 214 g/mol. The minimum Gasteiger partial charge on any atom is -0.462 e. The maximum Gasteiger partial charge on any atom is 0.348 e. The summed E-state index contributed by atoms with van der Waals surface area (Å²) in [6.07, 6.45) is 2.50. The molecule has 0 radical (unpaired) electrons. The van der Waals surface area contributed by atoms with Crippen molar-refractivity contribution >= 4 is 12.0 Å². The van der Waals surface area contributed by atoms with E-state index in [1.807, 2.05) is 30.3 Å². The van der Waals surface area contributed by atoms with E-state index in [4.69, 9.17) is 10.00 Å². The molecule has 88 valence electrons. The van der Waals surface area contributed by atoms with Gasteiger partial charge in [-0.05, 0) is 30.5 Å². The van der Waals surface area contributed by atoms with Gasteiger partial charge in [0.25, 0.3) is 0 Å². The first-order chi connectivity index (χ1) is 8.21. The van der Waals surface area contributed by atoms with Gasteiger partial charge in [0.2, 0.25) is 0 Å². The van der Waals surface area contributed by atoms with E-state index in [1.54, 1.807) is 6.92 Å². The number of ether oxygens (including phenoxy) is 1. The SMILES string of the molecule is CCOC(=O)C(C#N)=Cc1ccc(CC)cc1. The number of carbonyl (C=O) groups excluding carboxylic acids is 1. The third kappa shape index (κ3) is 3.76. The highest BCUT2D eigenvalue weighted by atomic mass is 16.5. The lowest BCUT2D eigenvalue weighted by Gasteiger charge is -2.00. The summed E-state index contributed by atoms with van der Waals surface area (Å²) in [6.45, 7) is 4.06. The van der Waals surface area contributed by atoms with Gasteiger partial charge < -0.3 is 4.74 Å². The molecule has 0 aliphatic rings. The molecule has 0 aromatic heterocycles. The average Bonchev–Trinajstić information content (AvgIpc) is 2.37. The number of carbonyl (C=O) groups is 1. The number of nitrogens with zero attached hydrogens (tertiary/aromatic N) is 1. The Balaban J connectivity index is 2.91. The fraction of sp³-hybridized carbons (Fsp3) is 0.286. The summed E-state index contributed by atoms with van der Waals surface area (Å²) in [5, 5.41) is 8.87. The van der Waals surface area contributed by atoms with E-state index in [9.17, 15) is 4.79 Å². The van der Waals surface area contributed by atoms with Crippen molar-refractivity contribution < 1.29 is 9.53 Å². The Morgan fingerprint density at radius 3 is 2.47 bits per heavy atom. The smallest absolute Gasteiger partial charge is 0.348 e. The van der Waals surface area contributed by atoms with Crippen molar-refractivity contribution in [3.8, 4) is 6.07 Å². The van der Waals surface area contributed by atoms with Crippen LogP contribution in [0.4, 0.5) is 0 Å². The molecule has 0 aliphatic carbocycles. The fourth-order valence-corrected chi connectivity index (χ4v) is 1.36. The molecule has 0 fully saturated rings. The van der Waals surface area contributed by atoms with Gasteiger partial charge in [-0.25, -0.2) is 4.79 Å². The highest BCUT2D eigenvalue weighted by Gasteiger charge is 2.09. The van der Waals surface area contributed by atoms with Crippen molar-refractivity contribution in [1.82, 2.24) is 0 Å². The number of aryl methyl sites for hydroxylation is 1. The molecule has 0 heterocycles. The zero-order valence-electron chi connectivity index (χ0n) is 10.1. The molecule has 0 N–H and O–H groups in total. The average molecular weight is 229 g/mol. The van der Waals surface area contributed by atoms with Crippen LogP contribution < -0.4 is 0 Å². The van der Waals surface area contributed by atoms with Crippen LogP contribution in [-0.2, 0) is 16.0 Å². The summed E-state index contributed by atoms with van der Waals surface area (Å²) in [5.74, 6) is -0.574. The number of hydrogen-bond donors (Lipinski definition) is 0. The van der Waals surface area contributed by atoms with Crippen LogP contribution in [0.25, 0.3) is 6.08 Å². The van der Waals surface area contributed by atoms with Gasteiger partial charge in [0, 0.05) is 0 Å². The molecule has 3 nitrogen and oxygen atoms in total. The Hall–Kier alpha value is -2.08. The molecule has 0 saturated heterocycles. The Morgan fingerprint density at radius 1 is 1.35 bits per heavy atom. The van der Waals surface area contributed by atoms with E-state index in [1.165, 1.54) is 11.6 Å². The molecule has 0 saturated carbocycles. The van der Waals surface area contributed by atoms with Crippen molar-refractivity contribution in [2.24, 2.45) is 0 Å². The van der Waals surface area contributed by atoms with Crippen molar-refractivity contribution in [3.63, 3.8) is 0 Å². The molecule has 1 rings (SSSR count). The van der Waals surface area contributed by atoms with Gasteiger partial charge in [0.15, 0.2) is 0 Å². The van der Waals surface area contributed by atoms with Crippen LogP contribution in [0.15, 0.2) is 29.8 Å². The highest BCUT2D eigenvalue weighted by molar-refractivity contribution is 5.97. The number of esters is 1. The van der Waals surface area contributed by atoms with E-state index in [0.717, 1.165) is 12.0 Å². The summed E-state index contributed by atoms with van der Waals surface area (Å²) in [6, 6.07) is 9.58. The molecule has 0 bridgehead atoms. The third-order valence-corrected chi connectivity index (χ3v) is 2.31. The zero-order valence-corrected chi connectivity index (χ0v) is 10.1. The van der Waals surface area contributed by atoms with Crippen molar-refractivity contribution in [2.75, 3.05) is 6.61 Å². The molecule has 0 aliphatic heterocycles. The second-order valence-corrected chi connectivity index (χ2v) is 3.49. The first-order valence-electron chi connectivity index (χ1n) is 5.59. The minimum atomic E-state index is -0.574. The minimum absolute atomic E-state index is 0.0242. The predicted molar refractivity (Wildman–Crippen MR) is 66.0 cm³/mol. The van der Waals surface area contributed by atoms with E-state index in [0.29, 0.717) is 0 Å². The molecule has 3 heteroatoms.